The van der Waals surface area contributed by atoms with Crippen molar-refractivity contribution in [2.24, 2.45) is 5.92 Å². The van der Waals surface area contributed by atoms with Crippen molar-refractivity contribution in [1.82, 2.24) is 10.3 Å². The highest BCUT2D eigenvalue weighted by molar-refractivity contribution is 7.10. The first-order chi connectivity index (χ1) is 11.9. The van der Waals surface area contributed by atoms with Crippen LogP contribution in [0.15, 0.2) is 35.7 Å². The summed E-state index contributed by atoms with van der Waals surface area (Å²) in [7, 11) is 0. The number of nitrogens with one attached hydrogen (secondary N) is 1. The third kappa shape index (κ3) is 5.65. The lowest BCUT2D eigenvalue weighted by Gasteiger charge is -2.21. The molecule has 2 unspecified atom stereocenters. The standard InChI is InChI=1S/C18H22N2O4S/c1-11(2)8-13(17(21)22)19-14(18(23)24)9-16-20-15(10-25-16)12-6-4-3-5-7-12/h3-7,10-11,13-14,19H,8-9H2,1-2H3,(H,21,22)(H,23,24). The quantitative estimate of drug-likeness (QED) is 0.634. The van der Waals surface area contributed by atoms with Crippen LogP contribution in [0.1, 0.15) is 25.3 Å². The predicted octanol–water partition coefficient (Wildman–Crippen LogP) is 2.89. The van der Waals surface area contributed by atoms with Gasteiger partial charge in [0.1, 0.15) is 12.1 Å². The van der Waals surface area contributed by atoms with E-state index in [9.17, 15) is 19.8 Å². The summed E-state index contributed by atoms with van der Waals surface area (Å²) in [4.78, 5) is 27.4. The van der Waals surface area contributed by atoms with E-state index in [2.05, 4.69) is 10.3 Å². The topological polar surface area (TPSA) is 99.5 Å². The molecule has 2 atom stereocenters. The van der Waals surface area contributed by atoms with E-state index in [1.54, 1.807) is 0 Å². The van der Waals surface area contributed by atoms with Crippen LogP contribution in [0, 0.1) is 5.92 Å². The van der Waals surface area contributed by atoms with Crippen LogP contribution < -0.4 is 5.32 Å². The van der Waals surface area contributed by atoms with Crippen LogP contribution in [0.4, 0.5) is 0 Å². The van der Waals surface area contributed by atoms with E-state index < -0.39 is 24.0 Å². The molecule has 0 amide bonds. The molecule has 6 nitrogen and oxygen atoms in total. The number of nitrogens with zero attached hydrogens (tertiary/aromatic N) is 1. The van der Waals surface area contributed by atoms with Crippen LogP contribution in [0.2, 0.25) is 0 Å². The van der Waals surface area contributed by atoms with Gasteiger partial charge in [0, 0.05) is 17.4 Å². The minimum atomic E-state index is -1.08. The molecule has 1 heterocycles. The molecular weight excluding hydrogens is 340 g/mol. The predicted molar refractivity (Wildman–Crippen MR) is 96.7 cm³/mol. The zero-order valence-corrected chi connectivity index (χ0v) is 15.0. The van der Waals surface area contributed by atoms with E-state index >= 15 is 0 Å². The molecule has 0 aliphatic carbocycles. The number of carbonyl (C=O) groups is 2. The lowest BCUT2D eigenvalue weighted by Crippen LogP contribution is -2.48. The maximum absolute atomic E-state index is 11.5. The van der Waals surface area contributed by atoms with Crippen LogP contribution in [0.3, 0.4) is 0 Å². The zero-order valence-electron chi connectivity index (χ0n) is 14.2. The second kappa shape index (κ2) is 8.73. The molecule has 2 rings (SSSR count). The summed E-state index contributed by atoms with van der Waals surface area (Å²) in [6.07, 6.45) is 0.515. The van der Waals surface area contributed by atoms with Crippen LogP contribution >= 0.6 is 11.3 Å². The number of hydrogen-bond acceptors (Lipinski definition) is 5. The summed E-state index contributed by atoms with van der Waals surface area (Å²) < 4.78 is 0. The van der Waals surface area contributed by atoms with E-state index in [1.165, 1.54) is 11.3 Å². The summed E-state index contributed by atoms with van der Waals surface area (Å²) in [6, 6.07) is 7.74. The summed E-state index contributed by atoms with van der Waals surface area (Å²) in [6.45, 7) is 3.81. The molecule has 1 aromatic carbocycles. The van der Waals surface area contributed by atoms with Crippen LogP contribution in [0.5, 0.6) is 0 Å². The van der Waals surface area contributed by atoms with Crippen molar-refractivity contribution in [3.8, 4) is 11.3 Å². The van der Waals surface area contributed by atoms with Gasteiger partial charge in [0.05, 0.1) is 10.7 Å². The van der Waals surface area contributed by atoms with Gasteiger partial charge in [-0.25, -0.2) is 4.98 Å². The Bertz CT molecular complexity index is 715. The Morgan fingerprint density at radius 1 is 1.12 bits per heavy atom. The highest BCUT2D eigenvalue weighted by Gasteiger charge is 2.27. The maximum atomic E-state index is 11.5. The van der Waals surface area contributed by atoms with Crippen molar-refractivity contribution in [3.05, 3.63) is 40.7 Å². The molecule has 3 N–H and O–H groups in total. The lowest BCUT2D eigenvalue weighted by atomic mass is 10.0. The smallest absolute Gasteiger partial charge is 0.321 e. The Morgan fingerprint density at radius 2 is 1.76 bits per heavy atom. The van der Waals surface area contributed by atoms with Gasteiger partial charge in [-0.15, -0.1) is 11.3 Å². The second-order valence-corrected chi connectivity index (χ2v) is 7.22. The van der Waals surface area contributed by atoms with Crippen molar-refractivity contribution in [2.75, 3.05) is 0 Å². The van der Waals surface area contributed by atoms with Crippen molar-refractivity contribution in [3.63, 3.8) is 0 Å². The van der Waals surface area contributed by atoms with Gasteiger partial charge in [0.15, 0.2) is 0 Å². The fourth-order valence-electron chi connectivity index (χ4n) is 2.49. The number of aliphatic carboxylic acids is 2. The molecule has 2 aromatic rings. The third-order valence-corrected chi connectivity index (χ3v) is 4.58. The highest BCUT2D eigenvalue weighted by atomic mass is 32.1. The number of aromatic nitrogens is 1. The zero-order chi connectivity index (χ0) is 18.4. The van der Waals surface area contributed by atoms with Gasteiger partial charge in [0.2, 0.25) is 0 Å². The van der Waals surface area contributed by atoms with Crippen molar-refractivity contribution < 1.29 is 19.8 Å². The fraction of sp³-hybridized carbons (Fsp3) is 0.389. The summed E-state index contributed by atoms with van der Waals surface area (Å²) in [5, 5.41) is 24.0. The number of benzene rings is 1. The minimum absolute atomic E-state index is 0.146. The third-order valence-electron chi connectivity index (χ3n) is 3.71. The molecule has 0 bridgehead atoms. The van der Waals surface area contributed by atoms with Gasteiger partial charge in [-0.3, -0.25) is 14.9 Å². The average Bonchev–Trinajstić information content (AvgIpc) is 3.02. The van der Waals surface area contributed by atoms with Crippen molar-refractivity contribution in [2.45, 2.75) is 38.8 Å². The number of thiazole rings is 1. The first-order valence-electron chi connectivity index (χ1n) is 8.08. The Labute approximate surface area is 150 Å². The van der Waals surface area contributed by atoms with E-state index in [0.29, 0.717) is 11.4 Å². The Balaban J connectivity index is 2.10. The molecule has 0 saturated carbocycles. The van der Waals surface area contributed by atoms with Gasteiger partial charge in [-0.05, 0) is 12.3 Å². The van der Waals surface area contributed by atoms with Gasteiger partial charge in [0.25, 0.3) is 0 Å². The second-order valence-electron chi connectivity index (χ2n) is 6.27. The van der Waals surface area contributed by atoms with Gasteiger partial charge in [-0.2, -0.15) is 0 Å². The normalized spacial score (nSPS) is 13.6. The highest BCUT2D eigenvalue weighted by Crippen LogP contribution is 2.22. The SMILES string of the molecule is CC(C)CC(NC(Cc1nc(-c2ccccc2)cs1)C(=O)O)C(=O)O. The molecule has 0 aliphatic rings. The molecular formula is C18H22N2O4S. The molecule has 0 aliphatic heterocycles. The van der Waals surface area contributed by atoms with Gasteiger partial charge < -0.3 is 10.2 Å². The first kappa shape index (κ1) is 19.1. The minimum Gasteiger partial charge on any atom is -0.480 e. The van der Waals surface area contributed by atoms with E-state index in [0.717, 1.165) is 11.3 Å². The Kier molecular flexibility index (Phi) is 6.66. The summed E-state index contributed by atoms with van der Waals surface area (Å²) >= 11 is 1.38. The number of carboxylic acids is 2. The molecule has 7 heteroatoms. The molecule has 0 spiro atoms. The molecule has 0 radical (unpaired) electrons. The largest absolute Gasteiger partial charge is 0.480 e. The molecule has 25 heavy (non-hydrogen) atoms. The molecule has 0 fully saturated rings. The first-order valence-corrected chi connectivity index (χ1v) is 8.96. The fourth-order valence-corrected chi connectivity index (χ4v) is 3.34. The van der Waals surface area contributed by atoms with Crippen molar-refractivity contribution in [1.29, 1.82) is 0 Å². The van der Waals surface area contributed by atoms with Crippen molar-refractivity contribution >= 4 is 23.3 Å². The van der Waals surface area contributed by atoms with Crippen LogP contribution in [-0.2, 0) is 16.0 Å². The Hall–Kier alpha value is -2.25. The van der Waals surface area contributed by atoms with Crippen LogP contribution in [-0.4, -0.2) is 39.2 Å². The van der Waals surface area contributed by atoms with E-state index in [-0.39, 0.29) is 12.3 Å². The molecule has 0 saturated heterocycles. The van der Waals surface area contributed by atoms with Gasteiger partial charge in [-0.1, -0.05) is 44.2 Å². The molecule has 1 aromatic heterocycles. The molecule has 134 valence electrons. The average molecular weight is 362 g/mol. The summed E-state index contributed by atoms with van der Waals surface area (Å²) in [5.41, 5.74) is 1.76. The van der Waals surface area contributed by atoms with Crippen LogP contribution in [0.25, 0.3) is 11.3 Å². The van der Waals surface area contributed by atoms with E-state index in [1.807, 2.05) is 49.6 Å². The monoisotopic (exact) mass is 362 g/mol. The number of hydrogen-bond donors (Lipinski definition) is 3. The van der Waals surface area contributed by atoms with E-state index in [4.69, 9.17) is 0 Å². The number of rotatable bonds is 9. The lowest BCUT2D eigenvalue weighted by molar-refractivity contribution is -0.142. The summed E-state index contributed by atoms with van der Waals surface area (Å²) in [5.74, 6) is -1.97. The maximum Gasteiger partial charge on any atom is 0.321 e. The Morgan fingerprint density at radius 3 is 2.32 bits per heavy atom. The van der Waals surface area contributed by atoms with Gasteiger partial charge >= 0.3 is 11.9 Å². The number of carboxylic acid groups (broad SMARTS) is 2.